The molecule has 0 fully saturated rings. The molecular formula is C36H25N5. The van der Waals surface area contributed by atoms with Crippen LogP contribution in [-0.4, -0.2) is 24.1 Å². The molecule has 0 saturated heterocycles. The predicted molar refractivity (Wildman–Crippen MR) is 167 cm³/mol. The molecule has 0 amide bonds. The van der Waals surface area contributed by atoms with Gasteiger partial charge in [-0.1, -0.05) is 54.6 Å². The van der Waals surface area contributed by atoms with Gasteiger partial charge in [-0.15, -0.1) is 0 Å². The average Bonchev–Trinajstić information content (AvgIpc) is 3.56. The molecular weight excluding hydrogens is 502 g/mol. The van der Waals surface area contributed by atoms with E-state index in [1.165, 1.54) is 16.3 Å². The fourth-order valence-corrected chi connectivity index (χ4v) is 6.00. The van der Waals surface area contributed by atoms with Crippen LogP contribution in [0.3, 0.4) is 0 Å². The summed E-state index contributed by atoms with van der Waals surface area (Å²) >= 11 is 0. The first-order valence-electron chi connectivity index (χ1n) is 13.7. The first-order valence-corrected chi connectivity index (χ1v) is 13.7. The lowest BCUT2D eigenvalue weighted by molar-refractivity contribution is 0.959. The van der Waals surface area contributed by atoms with E-state index in [2.05, 4.69) is 123 Å². The maximum absolute atomic E-state index is 5.00. The zero-order valence-corrected chi connectivity index (χ0v) is 22.4. The predicted octanol–water partition coefficient (Wildman–Crippen LogP) is 8.46. The van der Waals surface area contributed by atoms with E-state index >= 15 is 0 Å². The number of fused-ring (bicyclic) bond motifs is 4. The molecule has 4 aromatic carbocycles. The molecule has 194 valence electrons. The minimum Gasteiger partial charge on any atom is -0.327 e. The first kappa shape index (κ1) is 23.3. The molecule has 0 N–H and O–H groups in total. The summed E-state index contributed by atoms with van der Waals surface area (Å²) in [6.45, 7) is 0. The van der Waals surface area contributed by atoms with Gasteiger partial charge >= 0.3 is 0 Å². The Labute approximate surface area is 237 Å². The number of hydrogen-bond donors (Lipinski definition) is 0. The summed E-state index contributed by atoms with van der Waals surface area (Å²) in [4.78, 5) is 13.9. The molecule has 4 heterocycles. The van der Waals surface area contributed by atoms with Crippen molar-refractivity contribution in [3.8, 4) is 39.5 Å². The Morgan fingerprint density at radius 1 is 0.585 bits per heavy atom. The molecule has 0 unspecified atom stereocenters. The van der Waals surface area contributed by atoms with Gasteiger partial charge in [0.2, 0.25) is 0 Å². The highest BCUT2D eigenvalue weighted by molar-refractivity contribution is 6.16. The summed E-state index contributed by atoms with van der Waals surface area (Å²) < 4.78 is 4.54. The van der Waals surface area contributed by atoms with E-state index in [-0.39, 0.29) is 0 Å². The second-order valence-electron chi connectivity index (χ2n) is 10.3. The smallest absolute Gasteiger partial charge is 0.140 e. The Balaban J connectivity index is 1.44. The third-order valence-corrected chi connectivity index (χ3v) is 7.89. The average molecular weight is 528 g/mol. The molecule has 0 atom stereocenters. The number of hydrogen-bond acceptors (Lipinski definition) is 3. The maximum atomic E-state index is 5.00. The Kier molecular flexibility index (Phi) is 5.28. The van der Waals surface area contributed by atoms with E-state index in [1.807, 2.05) is 36.8 Å². The van der Waals surface area contributed by atoms with E-state index < -0.39 is 0 Å². The van der Waals surface area contributed by atoms with Crippen molar-refractivity contribution in [2.45, 2.75) is 0 Å². The molecule has 8 aromatic rings. The van der Waals surface area contributed by atoms with Crippen LogP contribution in [0.2, 0.25) is 0 Å². The fourth-order valence-electron chi connectivity index (χ4n) is 6.00. The Morgan fingerprint density at radius 3 is 2.27 bits per heavy atom. The molecule has 0 saturated carbocycles. The van der Waals surface area contributed by atoms with Crippen LogP contribution >= 0.6 is 0 Å². The molecule has 5 nitrogen and oxygen atoms in total. The van der Waals surface area contributed by atoms with E-state index in [1.54, 1.807) is 0 Å². The lowest BCUT2D eigenvalue weighted by Crippen LogP contribution is -1.96. The quantitative estimate of drug-likeness (QED) is 0.231. The van der Waals surface area contributed by atoms with Crippen molar-refractivity contribution in [1.29, 1.82) is 0 Å². The number of aromatic nitrogens is 5. The van der Waals surface area contributed by atoms with Crippen LogP contribution in [-0.2, 0) is 7.05 Å². The monoisotopic (exact) mass is 527 g/mol. The highest BCUT2D eigenvalue weighted by Gasteiger charge is 2.19. The minimum atomic E-state index is 0.946. The fraction of sp³-hybridized carbons (Fsp3) is 0.0278. The van der Waals surface area contributed by atoms with Gasteiger partial charge in [0, 0.05) is 53.2 Å². The standard InChI is InChI=1S/C36H25N5/c1-40-32-13-3-2-12-31(32)39-36(40)26-15-16-29-34(23-26)41(27-9-6-8-25(22-27)30-11-4-5-19-38-30)33-14-7-10-28(35(29)33)24-17-20-37-21-18-24/h2-23H,1H3. The third-order valence-electron chi connectivity index (χ3n) is 7.89. The van der Waals surface area contributed by atoms with E-state index in [0.29, 0.717) is 0 Å². The maximum Gasteiger partial charge on any atom is 0.140 e. The van der Waals surface area contributed by atoms with Gasteiger partial charge in [-0.25, -0.2) is 4.98 Å². The highest BCUT2D eigenvalue weighted by Crippen LogP contribution is 2.40. The summed E-state index contributed by atoms with van der Waals surface area (Å²) in [5, 5.41) is 2.41. The van der Waals surface area contributed by atoms with Gasteiger partial charge in [0.1, 0.15) is 5.82 Å². The van der Waals surface area contributed by atoms with Crippen LogP contribution in [0, 0.1) is 0 Å². The highest BCUT2D eigenvalue weighted by atomic mass is 15.1. The second kappa shape index (κ2) is 9.28. The Morgan fingerprint density at radius 2 is 1.41 bits per heavy atom. The molecule has 5 heteroatoms. The van der Waals surface area contributed by atoms with Gasteiger partial charge in [0.05, 0.1) is 27.8 Å². The normalized spacial score (nSPS) is 11.5. The van der Waals surface area contributed by atoms with Gasteiger partial charge in [0.15, 0.2) is 0 Å². The van der Waals surface area contributed by atoms with E-state index in [9.17, 15) is 0 Å². The first-order chi connectivity index (χ1) is 20.3. The number of benzene rings is 4. The molecule has 41 heavy (non-hydrogen) atoms. The van der Waals surface area contributed by atoms with Crippen molar-refractivity contribution < 1.29 is 0 Å². The van der Waals surface area contributed by atoms with Crippen LogP contribution in [0.5, 0.6) is 0 Å². The molecule has 0 aliphatic heterocycles. The van der Waals surface area contributed by atoms with E-state index in [4.69, 9.17) is 4.98 Å². The summed E-state index contributed by atoms with van der Waals surface area (Å²) in [5.74, 6) is 0.946. The molecule has 0 aliphatic rings. The summed E-state index contributed by atoms with van der Waals surface area (Å²) in [5.41, 5.74) is 10.9. The van der Waals surface area contributed by atoms with Crippen LogP contribution in [0.4, 0.5) is 0 Å². The number of nitrogens with zero attached hydrogens (tertiary/aromatic N) is 5. The topological polar surface area (TPSA) is 48.5 Å². The summed E-state index contributed by atoms with van der Waals surface area (Å²) in [6, 6.07) is 40.4. The third kappa shape index (κ3) is 3.74. The van der Waals surface area contributed by atoms with Gasteiger partial charge < -0.3 is 9.13 Å². The van der Waals surface area contributed by atoms with Crippen molar-refractivity contribution >= 4 is 32.8 Å². The molecule has 0 spiro atoms. The van der Waals surface area contributed by atoms with Crippen LogP contribution in [0.15, 0.2) is 134 Å². The molecule has 0 aliphatic carbocycles. The number of para-hydroxylation sites is 2. The molecule has 0 bridgehead atoms. The summed E-state index contributed by atoms with van der Waals surface area (Å²) in [7, 11) is 2.09. The Bertz CT molecular complexity index is 2210. The largest absolute Gasteiger partial charge is 0.327 e. The Hall–Kier alpha value is -5.55. The number of rotatable bonds is 4. The molecule has 0 radical (unpaired) electrons. The van der Waals surface area contributed by atoms with Gasteiger partial charge in [-0.2, -0.15) is 0 Å². The molecule has 8 rings (SSSR count). The SMILES string of the molecule is Cn1c(-c2ccc3c4c(-c5ccncc5)cccc4n(-c4cccc(-c5ccccn5)c4)c3c2)nc2ccccc21. The van der Waals surface area contributed by atoms with Crippen molar-refractivity contribution in [3.05, 3.63) is 134 Å². The van der Waals surface area contributed by atoms with Crippen molar-refractivity contribution in [2.24, 2.45) is 7.05 Å². The number of aryl methyl sites for hydroxylation is 1. The second-order valence-corrected chi connectivity index (χ2v) is 10.3. The lowest BCUT2D eigenvalue weighted by atomic mass is 10.00. The van der Waals surface area contributed by atoms with Crippen molar-refractivity contribution in [1.82, 2.24) is 24.1 Å². The van der Waals surface area contributed by atoms with Crippen molar-refractivity contribution in [2.75, 3.05) is 0 Å². The van der Waals surface area contributed by atoms with Gasteiger partial charge in [-0.05, 0) is 71.8 Å². The van der Waals surface area contributed by atoms with Crippen LogP contribution in [0.1, 0.15) is 0 Å². The molecule has 4 aromatic heterocycles. The van der Waals surface area contributed by atoms with Crippen LogP contribution < -0.4 is 0 Å². The minimum absolute atomic E-state index is 0.946. The lowest BCUT2D eigenvalue weighted by Gasteiger charge is -2.11. The zero-order chi connectivity index (χ0) is 27.3. The summed E-state index contributed by atoms with van der Waals surface area (Å²) in [6.07, 6.45) is 5.55. The number of imidazole rings is 1. The van der Waals surface area contributed by atoms with E-state index in [0.717, 1.165) is 56.0 Å². The van der Waals surface area contributed by atoms with Crippen LogP contribution in [0.25, 0.3) is 72.3 Å². The van der Waals surface area contributed by atoms with Gasteiger partial charge in [-0.3, -0.25) is 9.97 Å². The zero-order valence-electron chi connectivity index (χ0n) is 22.4. The van der Waals surface area contributed by atoms with Gasteiger partial charge in [0.25, 0.3) is 0 Å². The van der Waals surface area contributed by atoms with Crippen molar-refractivity contribution in [3.63, 3.8) is 0 Å². The number of pyridine rings is 2.